The number of oxime groups is 1. The van der Waals surface area contributed by atoms with E-state index in [0.717, 1.165) is 83.1 Å². The number of aliphatic hydroxyl groups is 2. The minimum Gasteiger partial charge on any atom is -0.460 e. The van der Waals surface area contributed by atoms with Gasteiger partial charge in [-0.05, 0) is 116 Å². The molecule has 0 radical (unpaired) electrons. The fourth-order valence-electron chi connectivity index (χ4n) is 8.82. The number of nitrogens with zero attached hydrogens (tertiary/aromatic N) is 1. The van der Waals surface area contributed by atoms with Crippen LogP contribution < -0.4 is 9.47 Å². The van der Waals surface area contributed by atoms with Gasteiger partial charge < -0.3 is 29.3 Å². The molecule has 1 saturated carbocycles. The zero-order chi connectivity index (χ0) is 38.9. The van der Waals surface area contributed by atoms with E-state index in [9.17, 15) is 10.2 Å². The van der Waals surface area contributed by atoms with Crippen molar-refractivity contribution in [3.63, 3.8) is 0 Å². The van der Waals surface area contributed by atoms with Crippen molar-refractivity contribution < 1.29 is 29.3 Å². The van der Waals surface area contributed by atoms with Gasteiger partial charge in [-0.1, -0.05) is 84.7 Å². The van der Waals surface area contributed by atoms with Crippen molar-refractivity contribution in [3.05, 3.63) is 144 Å². The average molecular weight is 774 g/mol. The molecular weight excluding hydrogens is 719 g/mol. The van der Waals surface area contributed by atoms with Crippen LogP contribution in [0.3, 0.4) is 0 Å². The Kier molecular flexibility index (Phi) is 13.3. The fraction of sp³-hybridized carbons (Fsp3) is 0.396. The lowest BCUT2D eigenvalue weighted by atomic mass is 9.56. The van der Waals surface area contributed by atoms with Crippen molar-refractivity contribution in [1.29, 1.82) is 0 Å². The van der Waals surface area contributed by atoms with Gasteiger partial charge >= 0.3 is 0 Å². The molecule has 8 heteroatoms. The predicted octanol–water partition coefficient (Wildman–Crippen LogP) is 10.7. The molecule has 1 heterocycles. The van der Waals surface area contributed by atoms with E-state index >= 15 is 0 Å². The van der Waals surface area contributed by atoms with Gasteiger partial charge in [-0.3, -0.25) is 0 Å². The molecule has 0 amide bonds. The van der Waals surface area contributed by atoms with Gasteiger partial charge in [-0.25, -0.2) is 0 Å². The summed E-state index contributed by atoms with van der Waals surface area (Å²) in [6, 6.07) is 33.0. The SMILES string of the molecule is C=CCOC12Oc3ccc(Oc4ccc(C)c(C)c4)cc3C3C(CCCCO)C(CCCCO)C=C(C(=NOCc4ccccc4)CC1Sc1ccccc1)C32. The first-order valence-corrected chi connectivity index (χ1v) is 21.0. The zero-order valence-electron chi connectivity index (χ0n) is 32.6. The summed E-state index contributed by atoms with van der Waals surface area (Å²) >= 11 is 1.76. The van der Waals surface area contributed by atoms with E-state index in [2.05, 4.69) is 87.2 Å². The van der Waals surface area contributed by atoms with Crippen molar-refractivity contribution in [2.75, 3.05) is 19.8 Å². The van der Waals surface area contributed by atoms with Crippen LogP contribution >= 0.6 is 11.8 Å². The molecule has 4 aromatic carbocycles. The van der Waals surface area contributed by atoms with Crippen LogP contribution in [0.2, 0.25) is 0 Å². The van der Waals surface area contributed by atoms with Gasteiger partial charge in [0, 0.05) is 36.0 Å². The second-order valence-electron chi connectivity index (χ2n) is 15.3. The third kappa shape index (κ3) is 8.79. The Morgan fingerprint density at radius 1 is 0.857 bits per heavy atom. The van der Waals surface area contributed by atoms with E-state index in [4.69, 9.17) is 24.2 Å². The maximum absolute atomic E-state index is 9.94. The Morgan fingerprint density at radius 2 is 1.57 bits per heavy atom. The summed E-state index contributed by atoms with van der Waals surface area (Å²) in [6.07, 6.45) is 9.93. The summed E-state index contributed by atoms with van der Waals surface area (Å²) in [4.78, 5) is 7.34. The van der Waals surface area contributed by atoms with Gasteiger partial charge in [-0.2, -0.15) is 0 Å². The largest absolute Gasteiger partial charge is 0.460 e. The number of ether oxygens (including phenoxy) is 3. The molecule has 4 aromatic rings. The molecule has 0 spiro atoms. The molecule has 294 valence electrons. The second-order valence-corrected chi connectivity index (χ2v) is 16.6. The smallest absolute Gasteiger partial charge is 0.231 e. The summed E-state index contributed by atoms with van der Waals surface area (Å²) in [5, 5.41) is 24.6. The maximum atomic E-state index is 9.94. The Bertz CT molecular complexity index is 1980. The molecule has 3 aliphatic rings. The van der Waals surface area contributed by atoms with Crippen molar-refractivity contribution in [2.24, 2.45) is 22.9 Å². The van der Waals surface area contributed by atoms with Crippen molar-refractivity contribution in [1.82, 2.24) is 0 Å². The number of aryl methyl sites for hydroxylation is 2. The van der Waals surface area contributed by atoms with E-state index in [0.29, 0.717) is 19.6 Å². The van der Waals surface area contributed by atoms with Gasteiger partial charge in [0.1, 0.15) is 23.9 Å². The molecule has 2 aliphatic carbocycles. The highest BCUT2D eigenvalue weighted by Gasteiger charge is 2.64. The number of aliphatic hydroxyl groups excluding tert-OH is 2. The first kappa shape index (κ1) is 39.9. The number of benzene rings is 4. The third-order valence-electron chi connectivity index (χ3n) is 11.6. The second kappa shape index (κ2) is 18.7. The van der Waals surface area contributed by atoms with Crippen molar-refractivity contribution in [2.45, 2.75) is 87.3 Å². The predicted molar refractivity (Wildman–Crippen MR) is 224 cm³/mol. The molecule has 6 atom stereocenters. The number of hydrogen-bond acceptors (Lipinski definition) is 8. The quantitative estimate of drug-likeness (QED) is 0.0591. The Balaban J connectivity index is 1.40. The molecule has 1 fully saturated rings. The van der Waals surface area contributed by atoms with Gasteiger partial charge in [0.2, 0.25) is 5.79 Å². The third-order valence-corrected chi connectivity index (χ3v) is 12.9. The first-order chi connectivity index (χ1) is 27.4. The lowest BCUT2D eigenvalue weighted by Crippen LogP contribution is -2.64. The van der Waals surface area contributed by atoms with E-state index in [1.165, 1.54) is 11.1 Å². The van der Waals surface area contributed by atoms with Crippen LogP contribution in [0.5, 0.6) is 17.2 Å². The van der Waals surface area contributed by atoms with Gasteiger partial charge in [0.25, 0.3) is 0 Å². The van der Waals surface area contributed by atoms with E-state index < -0.39 is 5.79 Å². The van der Waals surface area contributed by atoms with Crippen LogP contribution in [0.1, 0.15) is 73.1 Å². The van der Waals surface area contributed by atoms with E-state index in [1.807, 2.05) is 42.5 Å². The van der Waals surface area contributed by atoms with Crippen LogP contribution in [0.15, 0.2) is 131 Å². The standard InChI is InChI=1S/C48H55NO6S/c1-4-27-52-48-45(56-39-18-9-6-10-19-39)31-43(49-53-32-35-15-7-5-8-16-35)41-29-36(17-11-13-25-50)40(20-12-14-26-51)46(47(41)48)42-30-38(23-24-44(42)55-48)54-37-22-21-33(2)34(3)28-37/h4-10,15-16,18-19,21-24,28-30,36,40,45-47,50-51H,1,11-14,17,20,25-27,31-32H2,2-3H3. The van der Waals surface area contributed by atoms with Crippen LogP contribution in [-0.2, 0) is 16.2 Å². The number of allylic oxidation sites excluding steroid dienone is 1. The normalized spacial score (nSPS) is 24.4. The molecule has 7 rings (SSSR count). The molecule has 0 bridgehead atoms. The van der Waals surface area contributed by atoms with Gasteiger partial charge in [0.15, 0.2) is 0 Å². The maximum Gasteiger partial charge on any atom is 0.231 e. The van der Waals surface area contributed by atoms with Crippen molar-refractivity contribution in [3.8, 4) is 17.2 Å². The molecule has 0 saturated heterocycles. The summed E-state index contributed by atoms with van der Waals surface area (Å²) in [5.41, 5.74) is 6.57. The summed E-state index contributed by atoms with van der Waals surface area (Å²) in [6.45, 7) is 9.27. The number of rotatable bonds is 18. The van der Waals surface area contributed by atoms with Gasteiger partial charge in [-0.15, -0.1) is 18.3 Å². The van der Waals surface area contributed by atoms with Crippen LogP contribution in [0.4, 0.5) is 0 Å². The summed E-state index contributed by atoms with van der Waals surface area (Å²) in [7, 11) is 0. The summed E-state index contributed by atoms with van der Waals surface area (Å²) in [5.74, 6) is 1.43. The highest BCUT2D eigenvalue weighted by atomic mass is 32.2. The van der Waals surface area contributed by atoms with E-state index in [-0.39, 0.29) is 42.1 Å². The lowest BCUT2D eigenvalue weighted by Gasteiger charge is -2.58. The average Bonchev–Trinajstić information content (AvgIpc) is 3.21. The van der Waals surface area contributed by atoms with Crippen molar-refractivity contribution >= 4 is 17.5 Å². The van der Waals surface area contributed by atoms with E-state index in [1.54, 1.807) is 11.8 Å². The fourth-order valence-corrected chi connectivity index (χ4v) is 10.1. The molecule has 1 aliphatic heterocycles. The Morgan fingerprint density at radius 3 is 2.30 bits per heavy atom. The monoisotopic (exact) mass is 773 g/mol. The minimum absolute atomic E-state index is 0.0248. The number of hydrogen-bond donors (Lipinski definition) is 2. The lowest BCUT2D eigenvalue weighted by molar-refractivity contribution is -0.223. The molecular formula is C48H55NO6S. The zero-order valence-corrected chi connectivity index (χ0v) is 33.5. The number of unbranched alkanes of at least 4 members (excludes halogenated alkanes) is 2. The van der Waals surface area contributed by atoms with Crippen LogP contribution in [0, 0.1) is 31.6 Å². The van der Waals surface area contributed by atoms with Gasteiger partial charge in [0.05, 0.1) is 23.5 Å². The topological polar surface area (TPSA) is 89.7 Å². The molecule has 2 N–H and O–H groups in total. The molecule has 56 heavy (non-hydrogen) atoms. The number of fused-ring (bicyclic) bond motifs is 2. The molecule has 7 nitrogen and oxygen atoms in total. The number of thioether (sulfide) groups is 1. The minimum atomic E-state index is -1.06. The molecule has 6 unspecified atom stereocenters. The van der Waals surface area contributed by atoms with Crippen LogP contribution in [0.25, 0.3) is 0 Å². The van der Waals surface area contributed by atoms with Crippen LogP contribution in [-0.4, -0.2) is 46.8 Å². The Hall–Kier alpha value is -4.34. The summed E-state index contributed by atoms with van der Waals surface area (Å²) < 4.78 is 21.0. The highest BCUT2D eigenvalue weighted by molar-refractivity contribution is 8.00. The highest BCUT2D eigenvalue weighted by Crippen LogP contribution is 2.63. The Labute approximate surface area is 336 Å². The molecule has 0 aromatic heterocycles. The first-order valence-electron chi connectivity index (χ1n) is 20.1.